The van der Waals surface area contributed by atoms with Crippen LogP contribution in [0.3, 0.4) is 0 Å². The van der Waals surface area contributed by atoms with Crippen molar-refractivity contribution >= 4 is 17.7 Å². The first-order valence-electron chi connectivity index (χ1n) is 6.49. The Bertz CT molecular complexity index is 448. The summed E-state index contributed by atoms with van der Waals surface area (Å²) in [7, 11) is 0. The fourth-order valence-electron chi connectivity index (χ4n) is 1.67. The van der Waals surface area contributed by atoms with E-state index >= 15 is 0 Å². The van der Waals surface area contributed by atoms with Crippen molar-refractivity contribution in [1.29, 1.82) is 0 Å². The second-order valence-electron chi connectivity index (χ2n) is 4.47. The van der Waals surface area contributed by atoms with Gasteiger partial charge in [0.1, 0.15) is 0 Å². The SMILES string of the molecule is CCCCNC(=O)NC(N)=Nc1c(C)cccc1C. The Labute approximate surface area is 114 Å². The summed E-state index contributed by atoms with van der Waals surface area (Å²) in [4.78, 5) is 15.8. The molecule has 0 aliphatic carbocycles. The van der Waals surface area contributed by atoms with Crippen LogP contribution >= 0.6 is 0 Å². The largest absolute Gasteiger partial charge is 0.369 e. The predicted molar refractivity (Wildman–Crippen MR) is 78.6 cm³/mol. The number of urea groups is 1. The number of nitrogens with one attached hydrogen (secondary N) is 2. The molecule has 0 aromatic heterocycles. The van der Waals surface area contributed by atoms with Crippen molar-refractivity contribution in [2.24, 2.45) is 10.7 Å². The van der Waals surface area contributed by atoms with Crippen LogP contribution in [0, 0.1) is 13.8 Å². The zero-order valence-electron chi connectivity index (χ0n) is 11.8. The van der Waals surface area contributed by atoms with Crippen LogP contribution in [0.2, 0.25) is 0 Å². The smallest absolute Gasteiger partial charge is 0.321 e. The normalized spacial score (nSPS) is 11.2. The number of hydrogen-bond acceptors (Lipinski definition) is 2. The minimum Gasteiger partial charge on any atom is -0.369 e. The molecule has 0 aliphatic rings. The van der Waals surface area contributed by atoms with Gasteiger partial charge in [0.2, 0.25) is 5.96 Å². The van der Waals surface area contributed by atoms with Crippen LogP contribution < -0.4 is 16.4 Å². The number of benzene rings is 1. The Morgan fingerprint density at radius 1 is 1.32 bits per heavy atom. The van der Waals surface area contributed by atoms with E-state index in [0.29, 0.717) is 6.54 Å². The minimum atomic E-state index is -0.319. The molecule has 0 saturated heterocycles. The van der Waals surface area contributed by atoms with E-state index in [-0.39, 0.29) is 12.0 Å². The molecule has 0 saturated carbocycles. The zero-order chi connectivity index (χ0) is 14.3. The van der Waals surface area contributed by atoms with Gasteiger partial charge in [0, 0.05) is 6.54 Å². The van der Waals surface area contributed by atoms with Gasteiger partial charge in [-0.05, 0) is 31.4 Å². The Hall–Kier alpha value is -2.04. The van der Waals surface area contributed by atoms with Crippen LogP contribution in [-0.2, 0) is 0 Å². The molecule has 0 aliphatic heterocycles. The molecule has 2 amide bonds. The lowest BCUT2D eigenvalue weighted by Gasteiger charge is -2.08. The van der Waals surface area contributed by atoms with Gasteiger partial charge in [-0.15, -0.1) is 0 Å². The van der Waals surface area contributed by atoms with Crippen LogP contribution in [0.25, 0.3) is 0 Å². The molecule has 19 heavy (non-hydrogen) atoms. The monoisotopic (exact) mass is 262 g/mol. The van der Waals surface area contributed by atoms with Gasteiger partial charge in [-0.3, -0.25) is 5.32 Å². The Morgan fingerprint density at radius 2 is 1.95 bits per heavy atom. The van der Waals surface area contributed by atoms with E-state index in [9.17, 15) is 4.79 Å². The summed E-state index contributed by atoms with van der Waals surface area (Å²) >= 11 is 0. The van der Waals surface area contributed by atoms with E-state index in [1.807, 2.05) is 32.0 Å². The number of nitrogens with two attached hydrogens (primary N) is 1. The molecule has 1 aromatic rings. The van der Waals surface area contributed by atoms with Crippen molar-refractivity contribution in [3.63, 3.8) is 0 Å². The van der Waals surface area contributed by atoms with Gasteiger partial charge < -0.3 is 11.1 Å². The number of unbranched alkanes of at least 4 members (excludes halogenated alkanes) is 1. The van der Waals surface area contributed by atoms with Gasteiger partial charge in [0.25, 0.3) is 0 Å². The molecule has 0 bridgehead atoms. The minimum absolute atomic E-state index is 0.103. The average Bonchev–Trinajstić information content (AvgIpc) is 2.34. The number of carbonyl (C=O) groups is 1. The Balaban J connectivity index is 2.64. The van der Waals surface area contributed by atoms with Crippen molar-refractivity contribution in [3.8, 4) is 0 Å². The highest BCUT2D eigenvalue weighted by molar-refractivity contribution is 5.96. The highest BCUT2D eigenvalue weighted by Crippen LogP contribution is 2.22. The third-order valence-electron chi connectivity index (χ3n) is 2.73. The van der Waals surface area contributed by atoms with Gasteiger partial charge in [-0.1, -0.05) is 31.5 Å². The molecule has 5 nitrogen and oxygen atoms in total. The number of amides is 2. The molecule has 0 unspecified atom stereocenters. The summed E-state index contributed by atoms with van der Waals surface area (Å²) in [6.07, 6.45) is 1.98. The van der Waals surface area contributed by atoms with E-state index < -0.39 is 0 Å². The number of aliphatic imine (C=N–C) groups is 1. The molecule has 104 valence electrons. The molecule has 4 N–H and O–H groups in total. The Kier molecular flexibility index (Phi) is 5.85. The van der Waals surface area contributed by atoms with Gasteiger partial charge in [0.15, 0.2) is 0 Å². The third-order valence-corrected chi connectivity index (χ3v) is 2.73. The number of carbonyl (C=O) groups excluding carboxylic acids is 1. The number of aryl methyl sites for hydroxylation is 2. The summed E-state index contributed by atoms with van der Waals surface area (Å²) in [6.45, 7) is 6.62. The third kappa shape index (κ3) is 4.99. The van der Waals surface area contributed by atoms with E-state index in [4.69, 9.17) is 5.73 Å². The number of guanidine groups is 1. The maximum absolute atomic E-state index is 11.5. The fraction of sp³-hybridized carbons (Fsp3) is 0.429. The second-order valence-corrected chi connectivity index (χ2v) is 4.47. The number of para-hydroxylation sites is 1. The molecule has 5 heteroatoms. The summed E-state index contributed by atoms with van der Waals surface area (Å²) in [5.74, 6) is 0.103. The van der Waals surface area contributed by atoms with Crippen molar-refractivity contribution in [3.05, 3.63) is 29.3 Å². The molecule has 0 atom stereocenters. The van der Waals surface area contributed by atoms with Crippen LogP contribution in [-0.4, -0.2) is 18.5 Å². The number of rotatable bonds is 4. The molecule has 0 radical (unpaired) electrons. The molecule has 0 fully saturated rings. The number of nitrogens with zero attached hydrogens (tertiary/aromatic N) is 1. The number of hydrogen-bond donors (Lipinski definition) is 3. The highest BCUT2D eigenvalue weighted by atomic mass is 16.2. The van der Waals surface area contributed by atoms with Crippen molar-refractivity contribution in [2.45, 2.75) is 33.6 Å². The Morgan fingerprint density at radius 3 is 2.53 bits per heavy atom. The maximum atomic E-state index is 11.5. The molecular formula is C14H22N4O. The lowest BCUT2D eigenvalue weighted by Crippen LogP contribution is -2.43. The van der Waals surface area contributed by atoms with Crippen molar-refractivity contribution < 1.29 is 4.79 Å². The first-order chi connectivity index (χ1) is 9.04. The van der Waals surface area contributed by atoms with E-state index in [0.717, 1.165) is 29.7 Å². The standard InChI is InChI=1S/C14H22N4O/c1-4-5-9-16-14(19)18-13(15)17-12-10(2)7-6-8-11(12)3/h6-8H,4-5,9H2,1-3H3,(H4,15,16,17,18,19). The predicted octanol–water partition coefficient (Wildman–Crippen LogP) is 2.35. The topological polar surface area (TPSA) is 79.5 Å². The summed E-state index contributed by atoms with van der Waals surface area (Å²) in [5, 5.41) is 5.24. The van der Waals surface area contributed by atoms with E-state index in [2.05, 4.69) is 22.5 Å². The van der Waals surface area contributed by atoms with Gasteiger partial charge in [0.05, 0.1) is 5.69 Å². The first-order valence-corrected chi connectivity index (χ1v) is 6.49. The average molecular weight is 262 g/mol. The van der Waals surface area contributed by atoms with Gasteiger partial charge >= 0.3 is 6.03 Å². The summed E-state index contributed by atoms with van der Waals surface area (Å²) < 4.78 is 0. The van der Waals surface area contributed by atoms with Crippen LogP contribution in [0.15, 0.2) is 23.2 Å². The zero-order valence-corrected chi connectivity index (χ0v) is 11.8. The van der Waals surface area contributed by atoms with Crippen LogP contribution in [0.1, 0.15) is 30.9 Å². The van der Waals surface area contributed by atoms with Crippen molar-refractivity contribution in [1.82, 2.24) is 10.6 Å². The highest BCUT2D eigenvalue weighted by Gasteiger charge is 2.04. The molecule has 0 heterocycles. The first kappa shape index (κ1) is 15.0. The van der Waals surface area contributed by atoms with Crippen molar-refractivity contribution in [2.75, 3.05) is 6.54 Å². The fourth-order valence-corrected chi connectivity index (χ4v) is 1.67. The molecule has 0 spiro atoms. The second kappa shape index (κ2) is 7.41. The van der Waals surface area contributed by atoms with Crippen LogP contribution in [0.4, 0.5) is 10.5 Å². The quantitative estimate of drug-likeness (QED) is 0.442. The van der Waals surface area contributed by atoms with E-state index in [1.54, 1.807) is 0 Å². The summed E-state index contributed by atoms with van der Waals surface area (Å²) in [5.41, 5.74) is 8.57. The molecule has 1 aromatic carbocycles. The summed E-state index contributed by atoms with van der Waals surface area (Å²) in [6, 6.07) is 5.56. The molecular weight excluding hydrogens is 240 g/mol. The lowest BCUT2D eigenvalue weighted by atomic mass is 10.1. The van der Waals surface area contributed by atoms with Gasteiger partial charge in [-0.25, -0.2) is 9.79 Å². The van der Waals surface area contributed by atoms with E-state index in [1.165, 1.54) is 0 Å². The maximum Gasteiger partial charge on any atom is 0.321 e. The molecule has 1 rings (SSSR count). The van der Waals surface area contributed by atoms with Gasteiger partial charge in [-0.2, -0.15) is 0 Å². The van der Waals surface area contributed by atoms with Crippen LogP contribution in [0.5, 0.6) is 0 Å². The lowest BCUT2D eigenvalue weighted by molar-refractivity contribution is 0.245.